The van der Waals surface area contributed by atoms with Gasteiger partial charge in [-0.05, 0) is 51.1 Å². The highest BCUT2D eigenvalue weighted by Crippen LogP contribution is 2.46. The van der Waals surface area contributed by atoms with Crippen LogP contribution in [0.4, 0.5) is 5.13 Å². The molecule has 1 amide bonds. The molecule has 1 aromatic heterocycles. The van der Waals surface area contributed by atoms with Crippen LogP contribution in [0.1, 0.15) is 46.4 Å². The van der Waals surface area contributed by atoms with Crippen molar-refractivity contribution in [2.24, 2.45) is 0 Å². The fraction of sp³-hybridized carbons (Fsp3) is 0.259. The first-order valence-electron chi connectivity index (χ1n) is 11.6. The Morgan fingerprint density at radius 1 is 1.08 bits per heavy atom. The summed E-state index contributed by atoms with van der Waals surface area (Å²) >= 11 is 0.945. The Balaban J connectivity index is 1.91. The average Bonchev–Trinajstić information content (AvgIpc) is 3.41. The fourth-order valence-electron chi connectivity index (χ4n) is 4.12. The molecule has 192 valence electrons. The van der Waals surface area contributed by atoms with Gasteiger partial charge in [0, 0.05) is 11.1 Å². The Kier molecular flexibility index (Phi) is 7.58. The van der Waals surface area contributed by atoms with Crippen LogP contribution in [-0.2, 0) is 14.3 Å². The smallest absolute Gasteiger partial charge is 0.350 e. The number of nitrogens with zero attached hydrogens (tertiary/aromatic N) is 2. The molecule has 0 saturated carbocycles. The normalized spacial score (nSPS) is 16.6. The molecule has 10 heteroatoms. The molecular formula is C27H26N2O7S. The van der Waals surface area contributed by atoms with E-state index in [1.165, 1.54) is 12.0 Å². The van der Waals surface area contributed by atoms with E-state index in [-0.39, 0.29) is 27.9 Å². The summed E-state index contributed by atoms with van der Waals surface area (Å²) in [5.41, 5.74) is 1.06. The van der Waals surface area contributed by atoms with Crippen LogP contribution in [0.15, 0.2) is 54.1 Å². The Hall–Kier alpha value is -4.18. The van der Waals surface area contributed by atoms with E-state index in [1.54, 1.807) is 62.4 Å². The maximum atomic E-state index is 13.4. The van der Waals surface area contributed by atoms with Gasteiger partial charge in [-0.2, -0.15) is 0 Å². The first-order chi connectivity index (χ1) is 17.8. The number of aromatic nitrogens is 1. The summed E-state index contributed by atoms with van der Waals surface area (Å²) in [6, 6.07) is 12.4. The topological polar surface area (TPSA) is 115 Å². The zero-order chi connectivity index (χ0) is 26.7. The van der Waals surface area contributed by atoms with E-state index >= 15 is 0 Å². The van der Waals surface area contributed by atoms with Gasteiger partial charge >= 0.3 is 11.9 Å². The number of anilines is 1. The van der Waals surface area contributed by atoms with Gasteiger partial charge < -0.3 is 19.3 Å². The van der Waals surface area contributed by atoms with Gasteiger partial charge in [-0.25, -0.2) is 9.78 Å². The largest absolute Gasteiger partial charge is 0.507 e. The van der Waals surface area contributed by atoms with Crippen LogP contribution >= 0.6 is 11.3 Å². The number of ketones is 1. The van der Waals surface area contributed by atoms with Crippen LogP contribution < -0.4 is 14.4 Å². The van der Waals surface area contributed by atoms with Crippen molar-refractivity contribution in [3.8, 4) is 11.5 Å². The molecule has 0 aliphatic carbocycles. The van der Waals surface area contributed by atoms with Gasteiger partial charge in [-0.15, -0.1) is 0 Å². The highest BCUT2D eigenvalue weighted by atomic mass is 32.1. The van der Waals surface area contributed by atoms with Gasteiger partial charge in [0.1, 0.15) is 28.2 Å². The lowest BCUT2D eigenvalue weighted by atomic mass is 9.94. The molecule has 0 spiro atoms. The van der Waals surface area contributed by atoms with Gasteiger partial charge in [0.25, 0.3) is 5.78 Å². The molecule has 9 nitrogen and oxygen atoms in total. The zero-order valence-electron chi connectivity index (χ0n) is 20.8. The minimum Gasteiger partial charge on any atom is -0.507 e. The van der Waals surface area contributed by atoms with E-state index in [0.717, 1.165) is 11.3 Å². The number of hydrogen-bond donors (Lipinski definition) is 1. The number of benzene rings is 2. The molecule has 37 heavy (non-hydrogen) atoms. The summed E-state index contributed by atoms with van der Waals surface area (Å²) in [6.07, 6.45) is 0. The van der Waals surface area contributed by atoms with Crippen molar-refractivity contribution in [3.63, 3.8) is 0 Å². The summed E-state index contributed by atoms with van der Waals surface area (Å²) in [5, 5.41) is 11.4. The summed E-state index contributed by atoms with van der Waals surface area (Å²) in [4.78, 5) is 45.1. The fourth-order valence-corrected chi connectivity index (χ4v) is 5.11. The van der Waals surface area contributed by atoms with E-state index < -0.39 is 23.7 Å². The van der Waals surface area contributed by atoms with Gasteiger partial charge in [0.15, 0.2) is 5.13 Å². The van der Waals surface area contributed by atoms with E-state index in [1.807, 2.05) is 6.92 Å². The number of aryl methyl sites for hydroxylation is 1. The first-order valence-corrected chi connectivity index (χ1v) is 12.5. The highest BCUT2D eigenvalue weighted by molar-refractivity contribution is 7.17. The Morgan fingerprint density at radius 3 is 2.43 bits per heavy atom. The van der Waals surface area contributed by atoms with Crippen molar-refractivity contribution >= 4 is 39.9 Å². The van der Waals surface area contributed by atoms with Crippen LogP contribution in [0.25, 0.3) is 5.76 Å². The number of ether oxygens (including phenoxy) is 3. The van der Waals surface area contributed by atoms with Crippen molar-refractivity contribution < 1.29 is 33.7 Å². The third-order valence-corrected chi connectivity index (χ3v) is 6.91. The van der Waals surface area contributed by atoms with Crippen LogP contribution in [0.2, 0.25) is 0 Å². The van der Waals surface area contributed by atoms with Crippen LogP contribution in [0.5, 0.6) is 11.5 Å². The Morgan fingerprint density at radius 2 is 1.78 bits per heavy atom. The van der Waals surface area contributed by atoms with E-state index in [9.17, 15) is 19.5 Å². The number of para-hydroxylation sites is 1. The second kappa shape index (κ2) is 10.8. The molecule has 1 saturated heterocycles. The summed E-state index contributed by atoms with van der Waals surface area (Å²) < 4.78 is 16.1. The molecule has 4 rings (SSSR count). The third kappa shape index (κ3) is 4.79. The SMILES string of the molecule is CCOC(=O)c1sc(N2C(=O)C(=O)/C(=C(/O)c3ccc(OCC)cc3)C2c2ccccc2OC)nc1C. The molecule has 1 aliphatic heterocycles. The molecular weight excluding hydrogens is 496 g/mol. The molecule has 0 bridgehead atoms. The first kappa shape index (κ1) is 25.9. The maximum absolute atomic E-state index is 13.4. The molecule has 2 heterocycles. The number of thiazole rings is 1. The minimum absolute atomic E-state index is 0.121. The van der Waals surface area contributed by atoms with Gasteiger partial charge in [-0.1, -0.05) is 29.5 Å². The molecule has 3 aromatic rings. The maximum Gasteiger partial charge on any atom is 0.350 e. The number of methoxy groups -OCH3 is 1. The van der Waals surface area contributed by atoms with Crippen molar-refractivity contribution in [1.82, 2.24) is 4.98 Å². The van der Waals surface area contributed by atoms with Crippen molar-refractivity contribution in [1.29, 1.82) is 0 Å². The second-order valence-electron chi connectivity index (χ2n) is 8.00. The molecule has 2 aromatic carbocycles. The third-order valence-electron chi connectivity index (χ3n) is 5.77. The number of esters is 1. The molecule has 1 aliphatic rings. The van der Waals surface area contributed by atoms with E-state index in [4.69, 9.17) is 14.2 Å². The summed E-state index contributed by atoms with van der Waals surface area (Å²) in [7, 11) is 1.48. The number of amides is 1. The predicted molar refractivity (Wildman–Crippen MR) is 138 cm³/mol. The lowest BCUT2D eigenvalue weighted by Gasteiger charge is -2.24. The number of Topliss-reactive ketones (excluding diaryl/α,β-unsaturated/α-hetero) is 1. The number of aliphatic hydroxyl groups excluding tert-OH is 1. The zero-order valence-corrected chi connectivity index (χ0v) is 21.6. The highest BCUT2D eigenvalue weighted by Gasteiger charge is 2.49. The quantitative estimate of drug-likeness (QED) is 0.197. The molecule has 1 atom stereocenters. The lowest BCUT2D eigenvalue weighted by Crippen LogP contribution is -2.29. The Labute approximate surface area is 217 Å². The molecule has 1 unspecified atom stereocenters. The van der Waals surface area contributed by atoms with E-state index in [2.05, 4.69) is 4.98 Å². The predicted octanol–water partition coefficient (Wildman–Crippen LogP) is 4.66. The molecule has 1 fully saturated rings. The standard InChI is InChI=1S/C27H26N2O7S/c1-5-35-17-13-11-16(12-14-17)22(30)20-21(18-9-7-8-10-19(18)34-4)29(25(32)23(20)31)27-28-15(3)24(37-27)26(33)36-6-2/h7-14,21,30H,5-6H2,1-4H3/b22-20+. The number of rotatable bonds is 8. The molecule has 1 N–H and O–H groups in total. The Bertz CT molecular complexity index is 1380. The summed E-state index contributed by atoms with van der Waals surface area (Å²) in [6.45, 7) is 5.83. The van der Waals surface area contributed by atoms with Gasteiger partial charge in [0.05, 0.1) is 31.6 Å². The van der Waals surface area contributed by atoms with Crippen LogP contribution in [-0.4, -0.2) is 48.1 Å². The number of aliphatic hydroxyl groups is 1. The average molecular weight is 523 g/mol. The van der Waals surface area contributed by atoms with Gasteiger partial charge in [0.2, 0.25) is 0 Å². The van der Waals surface area contributed by atoms with Crippen molar-refractivity contribution in [2.45, 2.75) is 26.8 Å². The molecule has 0 radical (unpaired) electrons. The number of carbonyl (C=O) groups excluding carboxylic acids is 3. The van der Waals surface area contributed by atoms with Crippen molar-refractivity contribution in [3.05, 3.63) is 75.8 Å². The van der Waals surface area contributed by atoms with Crippen LogP contribution in [0, 0.1) is 6.92 Å². The van der Waals surface area contributed by atoms with Crippen LogP contribution in [0.3, 0.4) is 0 Å². The van der Waals surface area contributed by atoms with E-state index in [0.29, 0.717) is 34.9 Å². The van der Waals surface area contributed by atoms with Gasteiger partial charge in [-0.3, -0.25) is 14.5 Å². The number of hydrogen-bond acceptors (Lipinski definition) is 9. The minimum atomic E-state index is -1.05. The summed E-state index contributed by atoms with van der Waals surface area (Å²) in [5.74, 6) is -1.66. The van der Waals surface area contributed by atoms with Crippen molar-refractivity contribution in [2.75, 3.05) is 25.2 Å². The number of carbonyl (C=O) groups is 3. The lowest BCUT2D eigenvalue weighted by molar-refractivity contribution is -0.132. The second-order valence-corrected chi connectivity index (χ2v) is 8.98. The monoisotopic (exact) mass is 522 g/mol.